The maximum absolute atomic E-state index is 14.0. The molecule has 5 heteroatoms. The predicted octanol–water partition coefficient (Wildman–Crippen LogP) is 4.81. The number of rotatable bonds is 4. The number of ether oxygens (including phenoxy) is 1. The van der Waals surface area contributed by atoms with Gasteiger partial charge < -0.3 is 10.5 Å². The molecule has 1 atom stereocenters. The third kappa shape index (κ3) is 4.10. The van der Waals surface area contributed by atoms with Gasteiger partial charge in [0.05, 0.1) is 0 Å². The van der Waals surface area contributed by atoms with E-state index in [4.69, 9.17) is 33.7 Å². The zero-order valence-electron chi connectivity index (χ0n) is 10.9. The Kier molecular flexibility index (Phi) is 4.86. The van der Waals surface area contributed by atoms with Crippen molar-refractivity contribution in [2.24, 2.45) is 5.73 Å². The zero-order chi connectivity index (χ0) is 14.7. The summed E-state index contributed by atoms with van der Waals surface area (Å²) in [6, 6.07) is 9.48. The van der Waals surface area contributed by atoms with Crippen molar-refractivity contribution in [3.63, 3.8) is 0 Å². The summed E-state index contributed by atoms with van der Waals surface area (Å²) in [4.78, 5) is 0. The lowest BCUT2D eigenvalue weighted by Crippen LogP contribution is -2.17. The first kappa shape index (κ1) is 15.1. The minimum Gasteiger partial charge on any atom is -0.454 e. The molecule has 2 aromatic carbocycles. The first-order valence-corrected chi connectivity index (χ1v) is 6.87. The van der Waals surface area contributed by atoms with Gasteiger partial charge in [-0.3, -0.25) is 0 Å². The highest BCUT2D eigenvalue weighted by atomic mass is 35.5. The number of halogens is 3. The molecule has 0 aliphatic heterocycles. The second-order valence-electron chi connectivity index (χ2n) is 4.65. The molecule has 0 amide bonds. The molecule has 1 unspecified atom stereocenters. The molecular weight excluding hydrogens is 300 g/mol. The molecule has 20 heavy (non-hydrogen) atoms. The van der Waals surface area contributed by atoms with Crippen LogP contribution in [0, 0.1) is 5.82 Å². The molecule has 0 aliphatic rings. The molecule has 0 heterocycles. The van der Waals surface area contributed by atoms with Crippen molar-refractivity contribution in [3.8, 4) is 11.5 Å². The van der Waals surface area contributed by atoms with Crippen LogP contribution in [-0.2, 0) is 6.42 Å². The van der Waals surface area contributed by atoms with Crippen molar-refractivity contribution in [1.29, 1.82) is 0 Å². The highest BCUT2D eigenvalue weighted by Gasteiger charge is 2.08. The van der Waals surface area contributed by atoms with Crippen molar-refractivity contribution in [2.45, 2.75) is 19.4 Å². The lowest BCUT2D eigenvalue weighted by molar-refractivity contribution is 0.441. The van der Waals surface area contributed by atoms with Crippen LogP contribution in [0.1, 0.15) is 12.5 Å². The Hall–Kier alpha value is -1.29. The fourth-order valence-electron chi connectivity index (χ4n) is 1.84. The smallest absolute Gasteiger partial charge is 0.165 e. The van der Waals surface area contributed by atoms with E-state index in [0.29, 0.717) is 22.2 Å². The molecule has 2 rings (SSSR count). The van der Waals surface area contributed by atoms with Crippen molar-refractivity contribution >= 4 is 23.2 Å². The van der Waals surface area contributed by atoms with Gasteiger partial charge in [0.2, 0.25) is 0 Å². The summed E-state index contributed by atoms with van der Waals surface area (Å²) < 4.78 is 19.4. The topological polar surface area (TPSA) is 35.2 Å². The van der Waals surface area contributed by atoms with Gasteiger partial charge in [0.15, 0.2) is 11.6 Å². The van der Waals surface area contributed by atoms with Crippen LogP contribution in [0.15, 0.2) is 36.4 Å². The number of hydrogen-bond acceptors (Lipinski definition) is 2. The first-order chi connectivity index (χ1) is 9.44. The van der Waals surface area contributed by atoms with E-state index in [1.165, 1.54) is 6.07 Å². The quantitative estimate of drug-likeness (QED) is 0.878. The second-order valence-corrected chi connectivity index (χ2v) is 5.53. The van der Waals surface area contributed by atoms with Gasteiger partial charge in [-0.25, -0.2) is 4.39 Å². The zero-order valence-corrected chi connectivity index (χ0v) is 12.4. The molecule has 2 N–H and O–H groups in total. The molecule has 0 aliphatic carbocycles. The maximum Gasteiger partial charge on any atom is 0.165 e. The van der Waals surface area contributed by atoms with Gasteiger partial charge in [0, 0.05) is 16.1 Å². The summed E-state index contributed by atoms with van der Waals surface area (Å²) in [6.07, 6.45) is 0.611. The SMILES string of the molecule is CC(N)Cc1ccc(Oc2cc(Cl)cc(Cl)c2)c(F)c1. The summed E-state index contributed by atoms with van der Waals surface area (Å²) in [5, 5.41) is 0.864. The fraction of sp³-hybridized carbons (Fsp3) is 0.200. The van der Waals surface area contributed by atoms with Crippen LogP contribution < -0.4 is 10.5 Å². The lowest BCUT2D eigenvalue weighted by atomic mass is 10.1. The Morgan fingerprint density at radius 1 is 1.15 bits per heavy atom. The average molecular weight is 314 g/mol. The first-order valence-electron chi connectivity index (χ1n) is 6.12. The van der Waals surface area contributed by atoms with Crippen LogP contribution in [-0.4, -0.2) is 6.04 Å². The lowest BCUT2D eigenvalue weighted by Gasteiger charge is -2.10. The average Bonchev–Trinajstić information content (AvgIpc) is 2.30. The normalized spacial score (nSPS) is 12.2. The summed E-state index contributed by atoms with van der Waals surface area (Å²) in [5.41, 5.74) is 6.51. The van der Waals surface area contributed by atoms with Crippen LogP contribution in [0.2, 0.25) is 10.0 Å². The van der Waals surface area contributed by atoms with Crippen molar-refractivity contribution in [2.75, 3.05) is 0 Å². The van der Waals surface area contributed by atoms with Crippen molar-refractivity contribution < 1.29 is 9.13 Å². The van der Waals surface area contributed by atoms with Crippen LogP contribution in [0.25, 0.3) is 0 Å². The second kappa shape index (κ2) is 6.44. The molecule has 106 valence electrons. The van der Waals surface area contributed by atoms with Gasteiger partial charge in [0.25, 0.3) is 0 Å². The van der Waals surface area contributed by atoms with E-state index in [0.717, 1.165) is 5.56 Å². The van der Waals surface area contributed by atoms with Gasteiger partial charge >= 0.3 is 0 Å². The number of nitrogens with two attached hydrogens (primary N) is 1. The molecule has 0 bridgehead atoms. The number of hydrogen-bond donors (Lipinski definition) is 1. The highest BCUT2D eigenvalue weighted by molar-refractivity contribution is 6.34. The Balaban J connectivity index is 2.21. The third-order valence-electron chi connectivity index (χ3n) is 2.62. The van der Waals surface area contributed by atoms with Crippen LogP contribution >= 0.6 is 23.2 Å². The van der Waals surface area contributed by atoms with E-state index in [9.17, 15) is 4.39 Å². The molecule has 0 fully saturated rings. The minimum absolute atomic E-state index is 0.0205. The van der Waals surface area contributed by atoms with Crippen LogP contribution in [0.4, 0.5) is 4.39 Å². The Morgan fingerprint density at radius 3 is 2.35 bits per heavy atom. The Labute approximate surface area is 127 Å². The maximum atomic E-state index is 14.0. The monoisotopic (exact) mass is 313 g/mol. The van der Waals surface area contributed by atoms with E-state index in [1.807, 2.05) is 6.92 Å². The molecule has 0 aromatic heterocycles. The van der Waals surface area contributed by atoms with Crippen LogP contribution in [0.3, 0.4) is 0 Å². The summed E-state index contributed by atoms with van der Waals surface area (Å²) >= 11 is 11.7. The van der Waals surface area contributed by atoms with Gasteiger partial charge in [-0.2, -0.15) is 0 Å². The summed E-state index contributed by atoms with van der Waals surface area (Å²) in [5.74, 6) is 0.0670. The standard InChI is InChI=1S/C15H14Cl2FNO/c1-9(19)4-10-2-3-15(14(18)5-10)20-13-7-11(16)6-12(17)8-13/h2-3,5-9H,4,19H2,1H3. The largest absolute Gasteiger partial charge is 0.454 e. The molecule has 2 nitrogen and oxygen atoms in total. The number of benzene rings is 2. The van der Waals surface area contributed by atoms with Gasteiger partial charge in [0.1, 0.15) is 5.75 Å². The van der Waals surface area contributed by atoms with Crippen molar-refractivity contribution in [3.05, 3.63) is 57.8 Å². The predicted molar refractivity (Wildman–Crippen MR) is 80.3 cm³/mol. The van der Waals surface area contributed by atoms with Gasteiger partial charge in [-0.1, -0.05) is 29.3 Å². The van der Waals surface area contributed by atoms with Gasteiger partial charge in [-0.15, -0.1) is 0 Å². The molecule has 0 saturated heterocycles. The van der Waals surface area contributed by atoms with E-state index in [-0.39, 0.29) is 11.8 Å². The Morgan fingerprint density at radius 2 is 1.80 bits per heavy atom. The molecule has 0 saturated carbocycles. The van der Waals surface area contributed by atoms with E-state index in [1.54, 1.807) is 30.3 Å². The minimum atomic E-state index is -0.445. The fourth-order valence-corrected chi connectivity index (χ4v) is 2.35. The van der Waals surface area contributed by atoms with Gasteiger partial charge in [-0.05, 0) is 49.2 Å². The van der Waals surface area contributed by atoms with Crippen LogP contribution in [0.5, 0.6) is 11.5 Å². The van der Waals surface area contributed by atoms with E-state index < -0.39 is 5.82 Å². The highest BCUT2D eigenvalue weighted by Crippen LogP contribution is 2.30. The molecule has 2 aromatic rings. The summed E-state index contributed by atoms with van der Waals surface area (Å²) in [6.45, 7) is 1.87. The van der Waals surface area contributed by atoms with E-state index in [2.05, 4.69) is 0 Å². The molecule has 0 spiro atoms. The molecule has 0 radical (unpaired) electrons. The Bertz CT molecular complexity index is 597. The third-order valence-corrected chi connectivity index (χ3v) is 3.05. The van der Waals surface area contributed by atoms with Crippen molar-refractivity contribution in [1.82, 2.24) is 0 Å². The van der Waals surface area contributed by atoms with E-state index >= 15 is 0 Å². The summed E-state index contributed by atoms with van der Waals surface area (Å²) in [7, 11) is 0. The molecular formula is C15H14Cl2FNO.